The minimum absolute atomic E-state index is 0.213. The number of halogens is 2. The smallest absolute Gasteiger partial charge is 0.248 e. The van der Waals surface area contributed by atoms with Gasteiger partial charge in [-0.2, -0.15) is 0 Å². The van der Waals surface area contributed by atoms with Crippen molar-refractivity contribution in [1.29, 1.82) is 0 Å². The first kappa shape index (κ1) is 14.9. The van der Waals surface area contributed by atoms with Crippen molar-refractivity contribution in [3.05, 3.63) is 69.2 Å². The Bertz CT molecular complexity index is 640. The van der Waals surface area contributed by atoms with Crippen LogP contribution in [0.2, 0.25) is 10.0 Å². The summed E-state index contributed by atoms with van der Waals surface area (Å²) < 4.78 is 0. The molecule has 0 radical (unpaired) electrons. The van der Waals surface area contributed by atoms with Crippen LogP contribution in [0.1, 0.15) is 34.3 Å². The minimum Gasteiger partial charge on any atom is -0.366 e. The second kappa shape index (κ2) is 6.29. The van der Waals surface area contributed by atoms with Crippen molar-refractivity contribution >= 4 is 29.1 Å². The number of amides is 1. The molecule has 2 rings (SSSR count). The topological polar surface area (TPSA) is 43.1 Å². The molecule has 20 heavy (non-hydrogen) atoms. The van der Waals surface area contributed by atoms with Crippen LogP contribution >= 0.6 is 23.2 Å². The predicted octanol–water partition coefficient (Wildman–Crippen LogP) is 4.44. The molecule has 0 aromatic heterocycles. The molecular formula is C16H15Cl2NO. The number of benzene rings is 2. The molecule has 1 atom stereocenters. The summed E-state index contributed by atoms with van der Waals surface area (Å²) in [5.41, 5.74) is 7.99. The Balaban J connectivity index is 2.25. The number of carbonyl (C=O) groups excluding carboxylic acids is 1. The van der Waals surface area contributed by atoms with Gasteiger partial charge in [-0.05, 0) is 41.7 Å². The first-order valence-corrected chi connectivity index (χ1v) is 7.07. The summed E-state index contributed by atoms with van der Waals surface area (Å²) in [5, 5.41) is 1.08. The van der Waals surface area contributed by atoms with E-state index in [0.29, 0.717) is 15.6 Å². The third-order valence-electron chi connectivity index (χ3n) is 3.32. The van der Waals surface area contributed by atoms with Crippen LogP contribution < -0.4 is 5.73 Å². The van der Waals surface area contributed by atoms with E-state index in [1.807, 2.05) is 30.3 Å². The molecule has 4 heteroatoms. The maximum Gasteiger partial charge on any atom is 0.248 e. The zero-order chi connectivity index (χ0) is 14.7. The molecule has 1 unspecified atom stereocenters. The molecule has 0 saturated carbocycles. The van der Waals surface area contributed by atoms with Gasteiger partial charge in [-0.3, -0.25) is 4.79 Å². The van der Waals surface area contributed by atoms with Crippen molar-refractivity contribution in [3.8, 4) is 0 Å². The number of primary amides is 1. The zero-order valence-electron chi connectivity index (χ0n) is 11.1. The quantitative estimate of drug-likeness (QED) is 0.891. The molecule has 2 nitrogen and oxygen atoms in total. The van der Waals surface area contributed by atoms with Crippen LogP contribution in [0.5, 0.6) is 0 Å². The number of hydrogen-bond acceptors (Lipinski definition) is 1. The van der Waals surface area contributed by atoms with Crippen LogP contribution in [0.4, 0.5) is 0 Å². The Kier molecular flexibility index (Phi) is 4.69. The molecule has 1 amide bonds. The number of nitrogens with two attached hydrogens (primary N) is 1. The van der Waals surface area contributed by atoms with Gasteiger partial charge < -0.3 is 5.73 Å². The van der Waals surface area contributed by atoms with Gasteiger partial charge in [0, 0.05) is 5.56 Å². The highest BCUT2D eigenvalue weighted by Crippen LogP contribution is 2.28. The Morgan fingerprint density at radius 3 is 2.50 bits per heavy atom. The van der Waals surface area contributed by atoms with Gasteiger partial charge in [0.05, 0.1) is 10.0 Å². The van der Waals surface area contributed by atoms with Gasteiger partial charge in [0.2, 0.25) is 5.91 Å². The Labute approximate surface area is 128 Å². The van der Waals surface area contributed by atoms with E-state index in [9.17, 15) is 4.79 Å². The van der Waals surface area contributed by atoms with Crippen LogP contribution in [0, 0.1) is 0 Å². The van der Waals surface area contributed by atoms with Gasteiger partial charge in [-0.15, -0.1) is 0 Å². The summed E-state index contributed by atoms with van der Waals surface area (Å²) in [4.78, 5) is 11.4. The Morgan fingerprint density at radius 1 is 1.15 bits per heavy atom. The van der Waals surface area contributed by atoms with Crippen molar-refractivity contribution in [3.63, 3.8) is 0 Å². The van der Waals surface area contributed by atoms with Gasteiger partial charge in [-0.25, -0.2) is 0 Å². The number of hydrogen-bond donors (Lipinski definition) is 1. The highest BCUT2D eigenvalue weighted by molar-refractivity contribution is 6.42. The summed E-state index contributed by atoms with van der Waals surface area (Å²) >= 11 is 12.0. The standard InChI is InChI=1S/C16H15Cl2NO/c1-10(11-6-7-14(17)15(18)9-11)8-12-4-2-3-5-13(12)16(19)20/h2-7,9-10H,8H2,1H3,(H2,19,20). The fraction of sp³-hybridized carbons (Fsp3) is 0.188. The highest BCUT2D eigenvalue weighted by atomic mass is 35.5. The molecule has 104 valence electrons. The molecular weight excluding hydrogens is 293 g/mol. The van der Waals surface area contributed by atoms with Crippen molar-refractivity contribution in [2.24, 2.45) is 5.73 Å². The molecule has 0 heterocycles. The van der Waals surface area contributed by atoms with Crippen LogP contribution in [0.25, 0.3) is 0 Å². The normalized spacial score (nSPS) is 12.2. The zero-order valence-corrected chi connectivity index (χ0v) is 12.6. The van der Waals surface area contributed by atoms with E-state index in [4.69, 9.17) is 28.9 Å². The summed E-state index contributed by atoms with van der Waals surface area (Å²) in [6.07, 6.45) is 0.719. The van der Waals surface area contributed by atoms with Crippen molar-refractivity contribution in [1.82, 2.24) is 0 Å². The highest BCUT2D eigenvalue weighted by Gasteiger charge is 2.13. The maximum absolute atomic E-state index is 11.4. The van der Waals surface area contributed by atoms with Crippen molar-refractivity contribution in [2.75, 3.05) is 0 Å². The van der Waals surface area contributed by atoms with Crippen LogP contribution in [0.15, 0.2) is 42.5 Å². The minimum atomic E-state index is -0.401. The molecule has 0 bridgehead atoms. The van der Waals surface area contributed by atoms with E-state index >= 15 is 0 Å². The predicted molar refractivity (Wildman–Crippen MR) is 83.5 cm³/mol. The molecule has 2 aromatic rings. The molecule has 0 aliphatic rings. The lowest BCUT2D eigenvalue weighted by Crippen LogP contribution is -2.14. The van der Waals surface area contributed by atoms with Gasteiger partial charge in [0.1, 0.15) is 0 Å². The molecule has 0 aliphatic heterocycles. The molecule has 2 N–H and O–H groups in total. The van der Waals surface area contributed by atoms with Gasteiger partial charge in [0.15, 0.2) is 0 Å². The van der Waals surface area contributed by atoms with E-state index in [1.54, 1.807) is 12.1 Å². The van der Waals surface area contributed by atoms with E-state index in [2.05, 4.69) is 6.92 Å². The summed E-state index contributed by atoms with van der Waals surface area (Å²) in [5.74, 6) is -0.188. The van der Waals surface area contributed by atoms with Crippen molar-refractivity contribution < 1.29 is 4.79 Å². The van der Waals surface area contributed by atoms with Crippen LogP contribution in [-0.4, -0.2) is 5.91 Å². The third kappa shape index (κ3) is 3.33. The molecule has 0 aliphatic carbocycles. The first-order chi connectivity index (χ1) is 9.49. The average molecular weight is 308 g/mol. The number of carbonyl (C=O) groups is 1. The van der Waals surface area contributed by atoms with Gasteiger partial charge >= 0.3 is 0 Å². The van der Waals surface area contributed by atoms with E-state index in [1.165, 1.54) is 0 Å². The molecule has 2 aromatic carbocycles. The lowest BCUT2D eigenvalue weighted by atomic mass is 9.91. The lowest BCUT2D eigenvalue weighted by molar-refractivity contribution is 0.0999. The van der Waals surface area contributed by atoms with E-state index in [0.717, 1.165) is 17.5 Å². The Morgan fingerprint density at radius 2 is 1.85 bits per heavy atom. The van der Waals surface area contributed by atoms with E-state index in [-0.39, 0.29) is 5.92 Å². The van der Waals surface area contributed by atoms with Crippen LogP contribution in [-0.2, 0) is 6.42 Å². The lowest BCUT2D eigenvalue weighted by Gasteiger charge is -2.14. The largest absolute Gasteiger partial charge is 0.366 e. The second-order valence-electron chi connectivity index (χ2n) is 4.80. The maximum atomic E-state index is 11.4. The van der Waals surface area contributed by atoms with Gasteiger partial charge in [0.25, 0.3) is 0 Å². The fourth-order valence-electron chi connectivity index (χ4n) is 2.21. The SMILES string of the molecule is CC(Cc1ccccc1C(N)=O)c1ccc(Cl)c(Cl)c1. The summed E-state index contributed by atoms with van der Waals surface area (Å²) in [6, 6.07) is 13.0. The Hall–Kier alpha value is -1.51. The average Bonchev–Trinajstić information content (AvgIpc) is 2.42. The third-order valence-corrected chi connectivity index (χ3v) is 4.06. The summed E-state index contributed by atoms with van der Waals surface area (Å²) in [7, 11) is 0. The van der Waals surface area contributed by atoms with Crippen molar-refractivity contribution in [2.45, 2.75) is 19.3 Å². The number of rotatable bonds is 4. The van der Waals surface area contributed by atoms with E-state index < -0.39 is 5.91 Å². The van der Waals surface area contributed by atoms with Crippen LogP contribution in [0.3, 0.4) is 0 Å². The summed E-state index contributed by atoms with van der Waals surface area (Å²) in [6.45, 7) is 2.08. The fourth-order valence-corrected chi connectivity index (χ4v) is 2.51. The molecule has 0 saturated heterocycles. The second-order valence-corrected chi connectivity index (χ2v) is 5.61. The van der Waals surface area contributed by atoms with Gasteiger partial charge in [-0.1, -0.05) is 54.4 Å². The monoisotopic (exact) mass is 307 g/mol. The molecule has 0 spiro atoms. The first-order valence-electron chi connectivity index (χ1n) is 6.31. The molecule has 0 fully saturated rings.